The molecule has 2 aromatic rings. The van der Waals surface area contributed by atoms with Gasteiger partial charge in [0.05, 0.1) is 12.1 Å². The van der Waals surface area contributed by atoms with E-state index in [9.17, 15) is 0 Å². The minimum Gasteiger partial charge on any atom is -0.488 e. The highest BCUT2D eigenvalue weighted by Crippen LogP contribution is 2.38. The SMILES string of the molecule is CCC(OC)C(CC)Oc1cccc(CSN2CCCC2c2nccs2)c1. The summed E-state index contributed by atoms with van der Waals surface area (Å²) in [6.45, 7) is 5.43. The molecule has 0 saturated carbocycles. The fourth-order valence-electron chi connectivity index (χ4n) is 3.58. The van der Waals surface area contributed by atoms with Crippen molar-refractivity contribution in [2.75, 3.05) is 13.7 Å². The van der Waals surface area contributed by atoms with Crippen LogP contribution in [-0.2, 0) is 10.5 Å². The third-order valence-electron chi connectivity index (χ3n) is 5.05. The van der Waals surface area contributed by atoms with Gasteiger partial charge in [-0.15, -0.1) is 11.3 Å². The second-order valence-corrected chi connectivity index (χ2v) is 8.78. The summed E-state index contributed by atoms with van der Waals surface area (Å²) in [4.78, 5) is 4.52. The Bertz CT molecular complexity index is 677. The topological polar surface area (TPSA) is 34.6 Å². The first kappa shape index (κ1) is 20.6. The van der Waals surface area contributed by atoms with E-state index < -0.39 is 0 Å². The molecule has 0 amide bonds. The Labute approximate surface area is 171 Å². The number of rotatable bonds is 10. The Balaban J connectivity index is 1.59. The minimum absolute atomic E-state index is 0.0933. The minimum atomic E-state index is 0.0933. The highest BCUT2D eigenvalue weighted by atomic mass is 32.2. The lowest BCUT2D eigenvalue weighted by Crippen LogP contribution is -2.32. The van der Waals surface area contributed by atoms with Crippen LogP contribution in [0.4, 0.5) is 0 Å². The zero-order valence-electron chi connectivity index (χ0n) is 16.5. The van der Waals surface area contributed by atoms with E-state index in [0.29, 0.717) is 6.04 Å². The Morgan fingerprint density at radius 3 is 2.85 bits per heavy atom. The van der Waals surface area contributed by atoms with E-state index in [2.05, 4.69) is 46.7 Å². The molecule has 1 aliphatic rings. The molecule has 4 nitrogen and oxygen atoms in total. The molecule has 1 aromatic heterocycles. The number of hydrogen-bond acceptors (Lipinski definition) is 6. The fourth-order valence-corrected chi connectivity index (χ4v) is 5.57. The van der Waals surface area contributed by atoms with Crippen LogP contribution in [-0.4, -0.2) is 35.2 Å². The monoisotopic (exact) mass is 406 g/mol. The summed E-state index contributed by atoms with van der Waals surface area (Å²) in [7, 11) is 1.77. The molecule has 0 bridgehead atoms. The summed E-state index contributed by atoms with van der Waals surface area (Å²) >= 11 is 3.68. The number of benzene rings is 1. The highest BCUT2D eigenvalue weighted by Gasteiger charge is 2.28. The van der Waals surface area contributed by atoms with Crippen LogP contribution in [0.5, 0.6) is 5.75 Å². The Kier molecular flexibility index (Phi) is 8.00. The van der Waals surface area contributed by atoms with Gasteiger partial charge in [0.1, 0.15) is 16.9 Å². The van der Waals surface area contributed by atoms with Crippen LogP contribution >= 0.6 is 23.3 Å². The number of aromatic nitrogens is 1. The molecule has 2 heterocycles. The molecule has 3 unspecified atom stereocenters. The van der Waals surface area contributed by atoms with Crippen LogP contribution in [0.15, 0.2) is 35.8 Å². The van der Waals surface area contributed by atoms with E-state index in [-0.39, 0.29) is 12.2 Å². The zero-order valence-corrected chi connectivity index (χ0v) is 18.1. The van der Waals surface area contributed by atoms with Crippen molar-refractivity contribution in [1.29, 1.82) is 0 Å². The van der Waals surface area contributed by atoms with Crippen LogP contribution in [0.2, 0.25) is 0 Å². The lowest BCUT2D eigenvalue weighted by Gasteiger charge is -2.25. The first-order valence-corrected chi connectivity index (χ1v) is 11.6. The molecule has 0 N–H and O–H groups in total. The van der Waals surface area contributed by atoms with E-state index >= 15 is 0 Å². The molecule has 3 rings (SSSR count). The summed E-state index contributed by atoms with van der Waals surface area (Å²) < 4.78 is 14.3. The summed E-state index contributed by atoms with van der Waals surface area (Å²) in [5, 5.41) is 3.32. The Hall–Kier alpha value is -1.08. The van der Waals surface area contributed by atoms with Crippen molar-refractivity contribution in [2.24, 2.45) is 0 Å². The predicted molar refractivity (Wildman–Crippen MR) is 114 cm³/mol. The third-order valence-corrected chi connectivity index (χ3v) is 7.15. The molecule has 0 radical (unpaired) electrons. The van der Waals surface area contributed by atoms with E-state index in [0.717, 1.165) is 30.9 Å². The smallest absolute Gasteiger partial charge is 0.124 e. The van der Waals surface area contributed by atoms with Gasteiger partial charge in [-0.3, -0.25) is 0 Å². The predicted octanol–water partition coefficient (Wildman–Crippen LogP) is 5.71. The third kappa shape index (κ3) is 5.47. The van der Waals surface area contributed by atoms with E-state index in [1.807, 2.05) is 24.2 Å². The van der Waals surface area contributed by atoms with Gasteiger partial charge in [-0.1, -0.05) is 37.9 Å². The molecule has 1 fully saturated rings. The van der Waals surface area contributed by atoms with Gasteiger partial charge in [0.25, 0.3) is 0 Å². The maximum Gasteiger partial charge on any atom is 0.124 e. The normalized spacial score (nSPS) is 19.9. The lowest BCUT2D eigenvalue weighted by atomic mass is 10.1. The molecular weight excluding hydrogens is 376 g/mol. The Morgan fingerprint density at radius 1 is 1.30 bits per heavy atom. The quantitative estimate of drug-likeness (QED) is 0.472. The lowest BCUT2D eigenvalue weighted by molar-refractivity contribution is -0.00154. The highest BCUT2D eigenvalue weighted by molar-refractivity contribution is 7.96. The largest absolute Gasteiger partial charge is 0.488 e. The van der Waals surface area contributed by atoms with Crippen molar-refractivity contribution in [3.63, 3.8) is 0 Å². The van der Waals surface area contributed by atoms with Crippen LogP contribution in [0.1, 0.15) is 56.1 Å². The molecule has 0 spiro atoms. The van der Waals surface area contributed by atoms with E-state index in [4.69, 9.17) is 9.47 Å². The summed E-state index contributed by atoms with van der Waals surface area (Å²) in [6.07, 6.45) is 6.49. The van der Waals surface area contributed by atoms with Crippen molar-refractivity contribution >= 4 is 23.3 Å². The van der Waals surface area contributed by atoms with Crippen LogP contribution in [0, 0.1) is 0 Å². The molecule has 148 valence electrons. The number of ether oxygens (including phenoxy) is 2. The van der Waals surface area contributed by atoms with Gasteiger partial charge in [-0.05, 0) is 43.4 Å². The molecule has 0 aliphatic carbocycles. The van der Waals surface area contributed by atoms with Gasteiger partial charge in [0.2, 0.25) is 0 Å². The molecule has 1 saturated heterocycles. The van der Waals surface area contributed by atoms with Crippen molar-refractivity contribution in [1.82, 2.24) is 9.29 Å². The van der Waals surface area contributed by atoms with Gasteiger partial charge < -0.3 is 9.47 Å². The van der Waals surface area contributed by atoms with Crippen molar-refractivity contribution in [2.45, 2.75) is 63.5 Å². The molecule has 6 heteroatoms. The molecule has 27 heavy (non-hydrogen) atoms. The summed E-state index contributed by atoms with van der Waals surface area (Å²) in [6, 6.07) is 8.96. The van der Waals surface area contributed by atoms with E-state index in [1.165, 1.54) is 23.4 Å². The molecule has 3 atom stereocenters. The average molecular weight is 407 g/mol. The van der Waals surface area contributed by atoms with Crippen LogP contribution in [0.25, 0.3) is 0 Å². The molecular formula is C21H30N2O2S2. The summed E-state index contributed by atoms with van der Waals surface area (Å²) in [5.74, 6) is 1.89. The van der Waals surface area contributed by atoms with Gasteiger partial charge in [-0.25, -0.2) is 9.29 Å². The summed E-state index contributed by atoms with van der Waals surface area (Å²) in [5.41, 5.74) is 1.29. The molecule has 1 aromatic carbocycles. The fraction of sp³-hybridized carbons (Fsp3) is 0.571. The average Bonchev–Trinajstić information content (AvgIpc) is 3.38. The second-order valence-electron chi connectivity index (χ2n) is 6.84. The maximum absolute atomic E-state index is 6.24. The van der Waals surface area contributed by atoms with Gasteiger partial charge in [0.15, 0.2) is 0 Å². The second kappa shape index (κ2) is 10.5. The van der Waals surface area contributed by atoms with Crippen molar-refractivity contribution in [3.05, 3.63) is 46.4 Å². The number of thiazole rings is 1. The number of nitrogens with zero attached hydrogens (tertiary/aromatic N) is 2. The first-order chi connectivity index (χ1) is 13.2. The number of hydrogen-bond donors (Lipinski definition) is 0. The van der Waals surface area contributed by atoms with E-state index in [1.54, 1.807) is 18.4 Å². The molecule has 1 aliphatic heterocycles. The van der Waals surface area contributed by atoms with Crippen molar-refractivity contribution < 1.29 is 9.47 Å². The van der Waals surface area contributed by atoms with Crippen LogP contribution in [0.3, 0.4) is 0 Å². The maximum atomic E-state index is 6.24. The standard InChI is InChI=1S/C21H30N2O2S2/c1-4-19(24-3)20(5-2)25-17-9-6-8-16(14-17)15-27-23-12-7-10-18(23)21-22-11-13-26-21/h6,8-9,11,13-14,18-20H,4-5,7,10,12,15H2,1-3H3. The van der Waals surface area contributed by atoms with Gasteiger partial charge in [-0.2, -0.15) is 0 Å². The van der Waals surface area contributed by atoms with Crippen LogP contribution < -0.4 is 4.74 Å². The number of methoxy groups -OCH3 is 1. The van der Waals surface area contributed by atoms with Gasteiger partial charge in [0, 0.05) is 31.0 Å². The zero-order chi connectivity index (χ0) is 19.1. The van der Waals surface area contributed by atoms with Crippen molar-refractivity contribution in [3.8, 4) is 5.75 Å². The Morgan fingerprint density at radius 2 is 2.15 bits per heavy atom. The van der Waals surface area contributed by atoms with Gasteiger partial charge >= 0.3 is 0 Å². The first-order valence-electron chi connectivity index (χ1n) is 9.82.